The number of aromatic nitrogens is 1. The molecule has 0 amide bonds. The Morgan fingerprint density at radius 2 is 1.67 bits per heavy atom. The van der Waals surface area contributed by atoms with Gasteiger partial charge in [0.15, 0.2) is 0 Å². The molecule has 2 aromatic carbocycles. The molecule has 0 radical (unpaired) electrons. The van der Waals surface area contributed by atoms with Gasteiger partial charge in [-0.15, -0.1) is 0 Å². The zero-order valence-corrected chi connectivity index (χ0v) is 10.3. The number of fused-ring (bicyclic) bond motifs is 1. The second-order valence-electron chi connectivity index (χ2n) is 4.33. The van der Waals surface area contributed by atoms with Gasteiger partial charge >= 0.3 is 0 Å². The van der Waals surface area contributed by atoms with Gasteiger partial charge in [-0.2, -0.15) is 0 Å². The summed E-state index contributed by atoms with van der Waals surface area (Å²) in [5.74, 6) is 0.932. The van der Waals surface area contributed by atoms with Crippen LogP contribution in [0.5, 0.6) is 5.75 Å². The van der Waals surface area contributed by atoms with Crippen LogP contribution < -0.4 is 4.74 Å². The minimum atomic E-state index is 0.866. The molecule has 90 valence electrons. The first-order chi connectivity index (χ1) is 8.88. The van der Waals surface area contributed by atoms with Crippen molar-refractivity contribution < 1.29 is 4.74 Å². The third kappa shape index (κ3) is 1.86. The zero-order valence-electron chi connectivity index (χ0n) is 10.3. The van der Waals surface area contributed by atoms with E-state index in [1.807, 2.05) is 12.1 Å². The number of rotatable bonds is 3. The van der Waals surface area contributed by atoms with E-state index in [-0.39, 0.29) is 0 Å². The Hall–Kier alpha value is -2.22. The van der Waals surface area contributed by atoms with Crippen molar-refractivity contribution in [2.75, 3.05) is 7.11 Å². The van der Waals surface area contributed by atoms with Gasteiger partial charge in [0.1, 0.15) is 5.75 Å². The van der Waals surface area contributed by atoms with Crippen LogP contribution >= 0.6 is 0 Å². The maximum atomic E-state index is 5.42. The fraction of sp³-hybridized carbons (Fsp3) is 0.125. The number of ether oxygens (including phenoxy) is 1. The van der Waals surface area contributed by atoms with Gasteiger partial charge in [-0.05, 0) is 17.7 Å². The lowest BCUT2D eigenvalue weighted by atomic mass is 10.2. The minimum absolute atomic E-state index is 0.866. The van der Waals surface area contributed by atoms with Crippen LogP contribution in [0.1, 0.15) is 5.56 Å². The molecule has 0 unspecified atom stereocenters. The van der Waals surface area contributed by atoms with E-state index in [0.717, 1.165) is 17.7 Å². The van der Waals surface area contributed by atoms with E-state index < -0.39 is 0 Å². The van der Waals surface area contributed by atoms with Gasteiger partial charge in [-0.25, -0.2) is 0 Å². The number of benzene rings is 2. The number of hydrogen-bond donors (Lipinski definition) is 0. The highest BCUT2D eigenvalue weighted by Crippen LogP contribution is 2.28. The standard InChI is InChI=1S/C16H15NO/c1-18-16-12-17(11-13-7-3-2-4-8-13)15-10-6-5-9-14(15)16/h2-10,12H,11H2,1H3. The summed E-state index contributed by atoms with van der Waals surface area (Å²) in [6, 6.07) is 18.8. The van der Waals surface area contributed by atoms with Crippen LogP contribution in [0.25, 0.3) is 10.9 Å². The predicted molar refractivity (Wildman–Crippen MR) is 74.0 cm³/mol. The van der Waals surface area contributed by atoms with Crippen molar-refractivity contribution in [2.24, 2.45) is 0 Å². The molecule has 0 spiro atoms. The highest BCUT2D eigenvalue weighted by Gasteiger charge is 2.07. The lowest BCUT2D eigenvalue weighted by Gasteiger charge is -2.04. The Morgan fingerprint density at radius 3 is 2.44 bits per heavy atom. The van der Waals surface area contributed by atoms with Crippen LogP contribution in [0.3, 0.4) is 0 Å². The van der Waals surface area contributed by atoms with E-state index in [0.29, 0.717) is 0 Å². The summed E-state index contributed by atoms with van der Waals surface area (Å²) in [7, 11) is 1.72. The van der Waals surface area contributed by atoms with Crippen LogP contribution in [0.15, 0.2) is 60.8 Å². The van der Waals surface area contributed by atoms with Crippen LogP contribution in [0.4, 0.5) is 0 Å². The maximum Gasteiger partial charge on any atom is 0.144 e. The number of methoxy groups -OCH3 is 1. The second kappa shape index (κ2) is 4.57. The first-order valence-electron chi connectivity index (χ1n) is 6.04. The topological polar surface area (TPSA) is 14.2 Å². The molecule has 0 aliphatic carbocycles. The Balaban J connectivity index is 2.07. The van der Waals surface area contributed by atoms with Crippen molar-refractivity contribution >= 4 is 10.9 Å². The molecule has 0 saturated carbocycles. The molecule has 1 aromatic heterocycles. The molecule has 0 aliphatic heterocycles. The average Bonchev–Trinajstić information content (AvgIpc) is 2.78. The third-order valence-corrected chi connectivity index (χ3v) is 3.17. The van der Waals surface area contributed by atoms with Crippen LogP contribution in [0.2, 0.25) is 0 Å². The second-order valence-corrected chi connectivity index (χ2v) is 4.33. The Labute approximate surface area is 106 Å². The van der Waals surface area contributed by atoms with Crippen molar-refractivity contribution in [1.82, 2.24) is 4.57 Å². The summed E-state index contributed by atoms with van der Waals surface area (Å²) < 4.78 is 7.65. The maximum absolute atomic E-state index is 5.42. The van der Waals surface area contributed by atoms with Crippen LogP contribution in [0, 0.1) is 0 Å². The molecule has 0 atom stereocenters. The lowest BCUT2D eigenvalue weighted by molar-refractivity contribution is 0.418. The van der Waals surface area contributed by atoms with E-state index in [4.69, 9.17) is 4.74 Å². The van der Waals surface area contributed by atoms with E-state index >= 15 is 0 Å². The summed E-state index contributed by atoms with van der Waals surface area (Å²) in [5, 5.41) is 1.16. The van der Waals surface area contributed by atoms with Gasteiger partial charge in [0.2, 0.25) is 0 Å². The lowest BCUT2D eigenvalue weighted by Crippen LogP contribution is -1.97. The van der Waals surface area contributed by atoms with E-state index in [9.17, 15) is 0 Å². The first kappa shape index (κ1) is 10.9. The SMILES string of the molecule is COc1cn(Cc2ccccc2)c2ccccc12. The summed E-state index contributed by atoms with van der Waals surface area (Å²) in [6.07, 6.45) is 2.07. The average molecular weight is 237 g/mol. The molecule has 18 heavy (non-hydrogen) atoms. The van der Waals surface area contributed by atoms with Gasteiger partial charge in [-0.3, -0.25) is 0 Å². The molecular formula is C16H15NO. The largest absolute Gasteiger partial charge is 0.495 e. The summed E-state index contributed by atoms with van der Waals surface area (Å²) in [6.45, 7) is 0.866. The van der Waals surface area contributed by atoms with Crippen molar-refractivity contribution in [1.29, 1.82) is 0 Å². The zero-order chi connectivity index (χ0) is 12.4. The van der Waals surface area contributed by atoms with Crippen LogP contribution in [-0.4, -0.2) is 11.7 Å². The molecular weight excluding hydrogens is 222 g/mol. The predicted octanol–water partition coefficient (Wildman–Crippen LogP) is 3.70. The summed E-state index contributed by atoms with van der Waals surface area (Å²) in [5.41, 5.74) is 2.50. The molecule has 0 bridgehead atoms. The van der Waals surface area contributed by atoms with Gasteiger partial charge in [0.25, 0.3) is 0 Å². The summed E-state index contributed by atoms with van der Waals surface area (Å²) in [4.78, 5) is 0. The van der Waals surface area contributed by atoms with Crippen molar-refractivity contribution in [3.63, 3.8) is 0 Å². The van der Waals surface area contributed by atoms with Gasteiger partial charge in [0, 0.05) is 18.1 Å². The fourth-order valence-electron chi connectivity index (χ4n) is 2.29. The molecule has 2 heteroatoms. The summed E-state index contributed by atoms with van der Waals surface area (Å²) >= 11 is 0. The highest BCUT2D eigenvalue weighted by molar-refractivity contribution is 5.86. The van der Waals surface area contributed by atoms with Gasteiger partial charge < -0.3 is 9.30 Å². The third-order valence-electron chi connectivity index (χ3n) is 3.17. The van der Waals surface area contributed by atoms with E-state index in [2.05, 4.69) is 53.2 Å². The number of nitrogens with zero attached hydrogens (tertiary/aromatic N) is 1. The Bertz CT molecular complexity index is 655. The smallest absolute Gasteiger partial charge is 0.144 e. The molecule has 1 heterocycles. The minimum Gasteiger partial charge on any atom is -0.495 e. The first-order valence-corrected chi connectivity index (χ1v) is 6.04. The molecule has 0 aliphatic rings. The van der Waals surface area contributed by atoms with Crippen molar-refractivity contribution in [2.45, 2.75) is 6.54 Å². The van der Waals surface area contributed by atoms with Gasteiger partial charge in [-0.1, -0.05) is 42.5 Å². The number of para-hydroxylation sites is 1. The van der Waals surface area contributed by atoms with Crippen molar-refractivity contribution in [3.05, 3.63) is 66.4 Å². The van der Waals surface area contributed by atoms with E-state index in [1.165, 1.54) is 11.1 Å². The molecule has 2 nitrogen and oxygen atoms in total. The number of hydrogen-bond acceptors (Lipinski definition) is 1. The Kier molecular flexibility index (Phi) is 2.77. The molecule has 3 aromatic rings. The van der Waals surface area contributed by atoms with Crippen molar-refractivity contribution in [3.8, 4) is 5.75 Å². The quantitative estimate of drug-likeness (QED) is 0.677. The van der Waals surface area contributed by atoms with Crippen LogP contribution in [-0.2, 0) is 6.54 Å². The fourth-order valence-corrected chi connectivity index (χ4v) is 2.29. The molecule has 0 saturated heterocycles. The molecule has 0 N–H and O–H groups in total. The van der Waals surface area contributed by atoms with Gasteiger partial charge in [0.05, 0.1) is 12.6 Å². The van der Waals surface area contributed by atoms with E-state index in [1.54, 1.807) is 7.11 Å². The normalized spacial score (nSPS) is 10.7. The Morgan fingerprint density at radius 1 is 0.944 bits per heavy atom. The molecule has 0 fully saturated rings. The molecule has 3 rings (SSSR count). The monoisotopic (exact) mass is 237 g/mol. The highest BCUT2D eigenvalue weighted by atomic mass is 16.5.